The fourth-order valence-corrected chi connectivity index (χ4v) is 7.43. The van der Waals surface area contributed by atoms with Crippen molar-refractivity contribution in [2.75, 3.05) is 6.61 Å². The zero-order chi connectivity index (χ0) is 26.3. The van der Waals surface area contributed by atoms with Crippen LogP contribution in [0.5, 0.6) is 5.75 Å². The zero-order valence-corrected chi connectivity index (χ0v) is 23.1. The molecule has 5 nitrogen and oxygen atoms in total. The minimum atomic E-state index is -0.256. The number of hydrogen-bond donors (Lipinski definition) is 1. The van der Waals surface area contributed by atoms with Crippen LogP contribution >= 0.6 is 11.6 Å². The summed E-state index contributed by atoms with van der Waals surface area (Å²) in [4.78, 5) is 29.0. The van der Waals surface area contributed by atoms with Crippen LogP contribution in [0.2, 0.25) is 5.02 Å². The van der Waals surface area contributed by atoms with Crippen LogP contribution in [0.25, 0.3) is 6.08 Å². The van der Waals surface area contributed by atoms with E-state index in [1.165, 1.54) is 23.1 Å². The quantitative estimate of drug-likeness (QED) is 0.310. The second kappa shape index (κ2) is 10.9. The Morgan fingerprint density at radius 2 is 1.92 bits per heavy atom. The molecule has 2 saturated heterocycles. The van der Waals surface area contributed by atoms with Crippen LogP contribution in [0.1, 0.15) is 84.1 Å². The van der Waals surface area contributed by atoms with Crippen molar-refractivity contribution in [1.82, 2.24) is 4.90 Å². The van der Waals surface area contributed by atoms with Crippen LogP contribution < -0.4 is 0 Å². The molecule has 3 fully saturated rings. The van der Waals surface area contributed by atoms with E-state index in [9.17, 15) is 14.7 Å². The normalized spacial score (nSPS) is 28.9. The van der Waals surface area contributed by atoms with E-state index in [1.54, 1.807) is 17.0 Å². The van der Waals surface area contributed by atoms with Crippen LogP contribution in [0.15, 0.2) is 34.9 Å². The lowest BCUT2D eigenvalue weighted by molar-refractivity contribution is -0.143. The Hall–Kier alpha value is -2.11. The molecular formula is C31H40ClNO4. The summed E-state index contributed by atoms with van der Waals surface area (Å²) < 4.78 is 6.41. The molecule has 2 aliphatic carbocycles. The van der Waals surface area contributed by atoms with Gasteiger partial charge in [-0.3, -0.25) is 14.5 Å². The molecule has 0 spiro atoms. The number of ether oxygens (including phenoxy) is 1. The highest BCUT2D eigenvalue weighted by Crippen LogP contribution is 2.52. The Labute approximate surface area is 225 Å². The number of allylic oxidation sites excluding steroid dienone is 2. The molecule has 1 aromatic carbocycles. The molecule has 2 heterocycles. The SMILES string of the molecule is CC/C(=C\c1ccc(O)cc1Cl)CC[C@H]1OC[C@H]2C1=C(C(C)C)C[C@H]1C(=O)N(C3CCCCC3)C(=O)[C@H]12. The molecule has 1 saturated carbocycles. The van der Waals surface area contributed by atoms with Gasteiger partial charge in [0.15, 0.2) is 0 Å². The standard InChI is InChI=1S/C31H40ClNO4/c1-4-19(14-20-11-12-22(34)15-26(20)32)10-13-27-28-23(18(2)3)16-24-29(25(28)17-37-27)31(36)33(30(24)35)21-8-6-5-7-9-21/h11-12,14-15,18,21,24-25,27,29,34H,4-10,13,16-17H2,1-3H3/b19-14+/t24-,25+,27-,29-/m1/s1. The number of likely N-dealkylation sites (tertiary alicyclic amines) is 1. The zero-order valence-electron chi connectivity index (χ0n) is 22.3. The smallest absolute Gasteiger partial charge is 0.234 e. The maximum Gasteiger partial charge on any atom is 0.234 e. The van der Waals surface area contributed by atoms with E-state index < -0.39 is 0 Å². The van der Waals surface area contributed by atoms with Gasteiger partial charge in [-0.1, -0.05) is 68.9 Å². The summed E-state index contributed by atoms with van der Waals surface area (Å²) in [5.74, 6) is 0.172. The van der Waals surface area contributed by atoms with Crippen LogP contribution in [-0.2, 0) is 14.3 Å². The summed E-state index contributed by atoms with van der Waals surface area (Å²) in [5.41, 5.74) is 4.82. The summed E-state index contributed by atoms with van der Waals surface area (Å²) in [7, 11) is 0. The van der Waals surface area contributed by atoms with E-state index in [2.05, 4.69) is 26.8 Å². The van der Waals surface area contributed by atoms with Gasteiger partial charge in [0.1, 0.15) is 5.75 Å². The first kappa shape index (κ1) is 26.5. The summed E-state index contributed by atoms with van der Waals surface area (Å²) >= 11 is 6.35. The maximum absolute atomic E-state index is 13.7. The number of amides is 2. The lowest BCUT2D eigenvalue weighted by atomic mass is 9.67. The first-order chi connectivity index (χ1) is 17.8. The van der Waals surface area contributed by atoms with Gasteiger partial charge in [-0.2, -0.15) is 0 Å². The molecule has 1 N–H and O–H groups in total. The van der Waals surface area contributed by atoms with Gasteiger partial charge >= 0.3 is 0 Å². The largest absolute Gasteiger partial charge is 0.508 e. The van der Waals surface area contributed by atoms with Gasteiger partial charge in [0.2, 0.25) is 11.8 Å². The van der Waals surface area contributed by atoms with Crippen molar-refractivity contribution < 1.29 is 19.4 Å². The van der Waals surface area contributed by atoms with Gasteiger partial charge < -0.3 is 9.84 Å². The summed E-state index contributed by atoms with van der Waals surface area (Å²) in [5, 5.41) is 10.2. The fraction of sp³-hybridized carbons (Fsp3) is 0.613. The van der Waals surface area contributed by atoms with E-state index in [4.69, 9.17) is 16.3 Å². The number of halogens is 1. The third-order valence-corrected chi connectivity index (χ3v) is 9.47. The van der Waals surface area contributed by atoms with Crippen molar-refractivity contribution in [2.45, 2.75) is 90.7 Å². The monoisotopic (exact) mass is 525 g/mol. The highest BCUT2D eigenvalue weighted by atomic mass is 35.5. The molecule has 37 heavy (non-hydrogen) atoms. The van der Waals surface area contributed by atoms with Crippen LogP contribution in [-0.4, -0.2) is 40.6 Å². The van der Waals surface area contributed by atoms with Crippen molar-refractivity contribution in [1.29, 1.82) is 0 Å². The maximum atomic E-state index is 13.7. The minimum Gasteiger partial charge on any atom is -0.508 e. The van der Waals surface area contributed by atoms with Gasteiger partial charge in [0.05, 0.1) is 29.6 Å². The average Bonchev–Trinajstić information content (AvgIpc) is 3.41. The Morgan fingerprint density at radius 1 is 1.16 bits per heavy atom. The molecule has 0 radical (unpaired) electrons. The highest BCUT2D eigenvalue weighted by molar-refractivity contribution is 6.32. The number of carbonyl (C=O) groups is 2. The molecule has 5 rings (SSSR count). The number of carbonyl (C=O) groups excluding carboxylic acids is 2. The topological polar surface area (TPSA) is 66.8 Å². The molecule has 2 amide bonds. The van der Waals surface area contributed by atoms with E-state index >= 15 is 0 Å². The van der Waals surface area contributed by atoms with E-state index in [0.717, 1.165) is 50.5 Å². The number of nitrogens with zero attached hydrogens (tertiary/aromatic N) is 1. The van der Waals surface area contributed by atoms with Crippen molar-refractivity contribution in [3.63, 3.8) is 0 Å². The molecule has 200 valence electrons. The van der Waals surface area contributed by atoms with Crippen LogP contribution in [0, 0.1) is 23.7 Å². The van der Waals surface area contributed by atoms with Gasteiger partial charge in [0, 0.05) is 12.0 Å². The molecule has 4 atom stereocenters. The minimum absolute atomic E-state index is 0.0137. The molecule has 4 aliphatic rings. The van der Waals surface area contributed by atoms with Crippen molar-refractivity contribution in [2.24, 2.45) is 23.7 Å². The number of imide groups is 1. The van der Waals surface area contributed by atoms with Gasteiger partial charge in [-0.05, 0) is 73.8 Å². The average molecular weight is 526 g/mol. The van der Waals surface area contributed by atoms with Crippen molar-refractivity contribution in [3.05, 3.63) is 45.5 Å². The first-order valence-corrected chi connectivity index (χ1v) is 14.6. The summed E-state index contributed by atoms with van der Waals surface area (Å²) in [6.07, 6.45) is 10.7. The van der Waals surface area contributed by atoms with Crippen molar-refractivity contribution >= 4 is 29.5 Å². The second-order valence-corrected chi connectivity index (χ2v) is 12.0. The van der Waals surface area contributed by atoms with Gasteiger partial charge in [-0.25, -0.2) is 0 Å². The van der Waals surface area contributed by atoms with Crippen LogP contribution in [0.3, 0.4) is 0 Å². The predicted octanol–water partition coefficient (Wildman–Crippen LogP) is 6.92. The van der Waals surface area contributed by atoms with Gasteiger partial charge in [-0.15, -0.1) is 0 Å². The lowest BCUT2D eigenvalue weighted by Gasteiger charge is -2.33. The Kier molecular flexibility index (Phi) is 7.83. The predicted molar refractivity (Wildman–Crippen MR) is 146 cm³/mol. The summed E-state index contributed by atoms with van der Waals surface area (Å²) in [6, 6.07) is 5.16. The Balaban J connectivity index is 1.36. The number of hydrogen-bond acceptors (Lipinski definition) is 4. The third kappa shape index (κ3) is 5.02. The third-order valence-electron chi connectivity index (χ3n) is 9.14. The number of benzene rings is 1. The Morgan fingerprint density at radius 3 is 2.59 bits per heavy atom. The fourth-order valence-electron chi connectivity index (χ4n) is 7.20. The molecule has 2 aliphatic heterocycles. The lowest BCUT2D eigenvalue weighted by Crippen LogP contribution is -2.42. The number of aromatic hydroxyl groups is 1. The van der Waals surface area contributed by atoms with E-state index in [0.29, 0.717) is 24.0 Å². The molecule has 6 heteroatoms. The number of phenols is 1. The second-order valence-electron chi connectivity index (χ2n) is 11.6. The molecule has 0 unspecified atom stereocenters. The molecule has 1 aromatic rings. The van der Waals surface area contributed by atoms with Crippen LogP contribution in [0.4, 0.5) is 0 Å². The first-order valence-electron chi connectivity index (χ1n) is 14.2. The number of rotatable bonds is 7. The van der Waals surface area contributed by atoms with Gasteiger partial charge in [0.25, 0.3) is 0 Å². The van der Waals surface area contributed by atoms with E-state index in [1.807, 2.05) is 6.07 Å². The molecular weight excluding hydrogens is 486 g/mol. The molecule has 0 bridgehead atoms. The Bertz CT molecular complexity index is 1120. The van der Waals surface area contributed by atoms with Crippen molar-refractivity contribution in [3.8, 4) is 5.75 Å². The summed E-state index contributed by atoms with van der Waals surface area (Å²) in [6.45, 7) is 7.09. The highest BCUT2D eigenvalue weighted by Gasteiger charge is 2.58. The number of fused-ring (bicyclic) bond motifs is 3. The van der Waals surface area contributed by atoms with E-state index in [-0.39, 0.29) is 47.5 Å². The molecule has 0 aromatic heterocycles. The number of phenolic OH excluding ortho intramolecular Hbond substituents is 1.